The third-order valence-electron chi connectivity index (χ3n) is 4.50. The summed E-state index contributed by atoms with van der Waals surface area (Å²) in [6, 6.07) is 9.88. The van der Waals surface area contributed by atoms with E-state index in [0.717, 1.165) is 12.1 Å². The van der Waals surface area contributed by atoms with E-state index in [2.05, 4.69) is 0 Å². The van der Waals surface area contributed by atoms with Crippen LogP contribution in [-0.4, -0.2) is 35.3 Å². The molecule has 0 bridgehead atoms. The summed E-state index contributed by atoms with van der Waals surface area (Å²) >= 11 is 0. The second-order valence-corrected chi connectivity index (χ2v) is 5.52. The molecule has 102 valence electrons. The summed E-state index contributed by atoms with van der Waals surface area (Å²) in [6.07, 6.45) is -0.236. The maximum absolute atomic E-state index is 12.0. The first-order valence-electron chi connectivity index (χ1n) is 6.80. The van der Waals surface area contributed by atoms with Crippen molar-refractivity contribution in [3.8, 4) is 0 Å². The third-order valence-corrected chi connectivity index (χ3v) is 4.50. The zero-order chi connectivity index (χ0) is 13.4. The standard InChI is InChI=1S/C15H19NO3/c1-10-14-12(13(14)8-17)7-16(10)15(18)19-9-11-5-3-2-4-6-11/h2-6,10,12-14,17H,7-9H2,1H3/t10-,12+,13+,14+/m1/s1. The summed E-state index contributed by atoms with van der Waals surface area (Å²) in [5, 5.41) is 9.17. The van der Waals surface area contributed by atoms with Crippen molar-refractivity contribution < 1.29 is 14.6 Å². The van der Waals surface area contributed by atoms with Crippen molar-refractivity contribution >= 4 is 6.09 Å². The molecule has 19 heavy (non-hydrogen) atoms. The molecule has 0 unspecified atom stereocenters. The van der Waals surface area contributed by atoms with E-state index in [-0.39, 0.29) is 18.7 Å². The Balaban J connectivity index is 1.52. The average molecular weight is 261 g/mol. The van der Waals surface area contributed by atoms with Gasteiger partial charge in [-0.2, -0.15) is 0 Å². The predicted molar refractivity (Wildman–Crippen MR) is 70.4 cm³/mol. The fraction of sp³-hybridized carbons (Fsp3) is 0.533. The zero-order valence-corrected chi connectivity index (χ0v) is 11.0. The van der Waals surface area contributed by atoms with Crippen LogP contribution < -0.4 is 0 Å². The fourth-order valence-corrected chi connectivity index (χ4v) is 3.35. The monoisotopic (exact) mass is 261 g/mol. The van der Waals surface area contributed by atoms with Crippen LogP contribution in [0.3, 0.4) is 0 Å². The minimum atomic E-state index is -0.236. The van der Waals surface area contributed by atoms with E-state index >= 15 is 0 Å². The van der Waals surface area contributed by atoms with Gasteiger partial charge in [-0.1, -0.05) is 30.3 Å². The van der Waals surface area contributed by atoms with E-state index in [4.69, 9.17) is 4.74 Å². The lowest BCUT2D eigenvalue weighted by atomic mass is 10.2. The molecule has 2 aliphatic rings. The number of aliphatic hydroxyl groups excluding tert-OH is 1. The first kappa shape index (κ1) is 12.5. The number of fused-ring (bicyclic) bond motifs is 1. The minimum Gasteiger partial charge on any atom is -0.445 e. The molecule has 4 atom stereocenters. The molecule has 2 fully saturated rings. The van der Waals surface area contributed by atoms with Crippen LogP contribution >= 0.6 is 0 Å². The van der Waals surface area contributed by atoms with Gasteiger partial charge >= 0.3 is 6.09 Å². The Hall–Kier alpha value is -1.55. The van der Waals surface area contributed by atoms with Crippen LogP contribution in [0.1, 0.15) is 12.5 Å². The first-order chi connectivity index (χ1) is 9.22. The Morgan fingerprint density at radius 3 is 2.74 bits per heavy atom. The van der Waals surface area contributed by atoms with Gasteiger partial charge in [-0.3, -0.25) is 0 Å². The highest BCUT2D eigenvalue weighted by Crippen LogP contribution is 2.54. The maximum atomic E-state index is 12.0. The molecule has 1 aromatic rings. The number of ether oxygens (including phenoxy) is 1. The molecule has 4 nitrogen and oxygen atoms in total. The van der Waals surface area contributed by atoms with Gasteiger partial charge in [0, 0.05) is 19.2 Å². The molecule has 4 heteroatoms. The van der Waals surface area contributed by atoms with E-state index in [0.29, 0.717) is 24.4 Å². The van der Waals surface area contributed by atoms with Crippen molar-refractivity contribution in [1.82, 2.24) is 4.90 Å². The van der Waals surface area contributed by atoms with Gasteiger partial charge in [-0.15, -0.1) is 0 Å². The summed E-state index contributed by atoms with van der Waals surface area (Å²) < 4.78 is 5.34. The van der Waals surface area contributed by atoms with Gasteiger partial charge in [0.1, 0.15) is 6.61 Å². The Kier molecular flexibility index (Phi) is 3.19. The Morgan fingerprint density at radius 1 is 1.42 bits per heavy atom. The summed E-state index contributed by atoms with van der Waals surface area (Å²) in [6.45, 7) is 3.34. The van der Waals surface area contributed by atoms with E-state index < -0.39 is 0 Å². The van der Waals surface area contributed by atoms with Gasteiger partial charge in [0.25, 0.3) is 0 Å². The van der Waals surface area contributed by atoms with Gasteiger partial charge in [0.05, 0.1) is 0 Å². The highest BCUT2D eigenvalue weighted by molar-refractivity contribution is 5.69. The number of carbonyl (C=O) groups is 1. The number of amides is 1. The number of rotatable bonds is 3. The van der Waals surface area contributed by atoms with E-state index in [9.17, 15) is 9.90 Å². The zero-order valence-electron chi connectivity index (χ0n) is 11.0. The van der Waals surface area contributed by atoms with Crippen molar-refractivity contribution in [3.63, 3.8) is 0 Å². The molecule has 1 saturated heterocycles. The lowest BCUT2D eigenvalue weighted by Gasteiger charge is -2.25. The van der Waals surface area contributed by atoms with Crippen LogP contribution in [0.2, 0.25) is 0 Å². The predicted octanol–water partition coefficient (Wildman–Crippen LogP) is 1.88. The van der Waals surface area contributed by atoms with Gasteiger partial charge in [0.15, 0.2) is 0 Å². The maximum Gasteiger partial charge on any atom is 0.410 e. The number of aliphatic hydroxyl groups is 1. The van der Waals surface area contributed by atoms with Gasteiger partial charge in [0.2, 0.25) is 0 Å². The molecule has 1 saturated carbocycles. The topological polar surface area (TPSA) is 49.8 Å². The molecule has 3 rings (SSSR count). The van der Waals surface area contributed by atoms with Crippen LogP contribution in [0, 0.1) is 17.8 Å². The largest absolute Gasteiger partial charge is 0.445 e. The fourth-order valence-electron chi connectivity index (χ4n) is 3.35. The minimum absolute atomic E-state index is 0.186. The molecule has 1 aliphatic heterocycles. The average Bonchev–Trinajstić information content (AvgIpc) is 3.05. The van der Waals surface area contributed by atoms with Crippen molar-refractivity contribution in [2.75, 3.05) is 13.2 Å². The van der Waals surface area contributed by atoms with Gasteiger partial charge < -0.3 is 14.7 Å². The van der Waals surface area contributed by atoms with Crippen molar-refractivity contribution in [1.29, 1.82) is 0 Å². The second kappa shape index (κ2) is 4.85. The number of nitrogens with zero attached hydrogens (tertiary/aromatic N) is 1. The van der Waals surface area contributed by atoms with E-state index in [1.54, 1.807) is 4.90 Å². The molecule has 0 aromatic heterocycles. The summed E-state index contributed by atoms with van der Waals surface area (Å²) in [7, 11) is 0. The summed E-state index contributed by atoms with van der Waals surface area (Å²) in [5.41, 5.74) is 1.00. The number of hydrogen-bond donors (Lipinski definition) is 1. The molecule has 1 heterocycles. The molecule has 0 spiro atoms. The highest BCUT2D eigenvalue weighted by Gasteiger charge is 2.60. The van der Waals surface area contributed by atoms with E-state index in [1.165, 1.54) is 0 Å². The summed E-state index contributed by atoms with van der Waals surface area (Å²) in [5.74, 6) is 1.34. The van der Waals surface area contributed by atoms with Gasteiger partial charge in [-0.25, -0.2) is 4.79 Å². The molecule has 0 radical (unpaired) electrons. The normalized spacial score (nSPS) is 32.0. The van der Waals surface area contributed by atoms with Crippen LogP contribution in [0.25, 0.3) is 0 Å². The lowest BCUT2D eigenvalue weighted by Crippen LogP contribution is -2.38. The third kappa shape index (κ3) is 2.21. The molecule has 1 amide bonds. The van der Waals surface area contributed by atoms with Crippen LogP contribution in [0.4, 0.5) is 4.79 Å². The highest BCUT2D eigenvalue weighted by atomic mass is 16.6. The Labute approximate surface area is 113 Å². The number of benzene rings is 1. The van der Waals surface area contributed by atoms with Crippen LogP contribution in [-0.2, 0) is 11.3 Å². The van der Waals surface area contributed by atoms with Crippen LogP contribution in [0.15, 0.2) is 30.3 Å². The number of carbonyl (C=O) groups excluding carboxylic acids is 1. The smallest absolute Gasteiger partial charge is 0.410 e. The molecular weight excluding hydrogens is 242 g/mol. The number of likely N-dealkylation sites (tertiary alicyclic amines) is 1. The molecule has 1 aliphatic carbocycles. The number of hydrogen-bond acceptors (Lipinski definition) is 3. The van der Waals surface area contributed by atoms with Gasteiger partial charge in [-0.05, 0) is 30.2 Å². The first-order valence-corrected chi connectivity index (χ1v) is 6.80. The number of piperidine rings is 1. The summed E-state index contributed by atoms with van der Waals surface area (Å²) in [4.78, 5) is 13.8. The molecule has 1 aromatic carbocycles. The van der Waals surface area contributed by atoms with Crippen molar-refractivity contribution in [2.45, 2.75) is 19.6 Å². The second-order valence-electron chi connectivity index (χ2n) is 5.52. The Morgan fingerprint density at radius 2 is 2.16 bits per heavy atom. The van der Waals surface area contributed by atoms with Crippen LogP contribution in [0.5, 0.6) is 0 Å². The quantitative estimate of drug-likeness (QED) is 0.904. The van der Waals surface area contributed by atoms with Crippen molar-refractivity contribution in [2.24, 2.45) is 17.8 Å². The SMILES string of the molecule is C[C@@H]1[C@@H]2[C@@H](CO)[C@@H]2CN1C(=O)OCc1ccccc1. The molecular formula is C15H19NO3. The van der Waals surface area contributed by atoms with E-state index in [1.807, 2.05) is 37.3 Å². The lowest BCUT2D eigenvalue weighted by molar-refractivity contribution is 0.0834. The Bertz CT molecular complexity index is 462. The molecule has 1 N–H and O–H groups in total. The van der Waals surface area contributed by atoms with Crippen molar-refractivity contribution in [3.05, 3.63) is 35.9 Å².